The van der Waals surface area contributed by atoms with Crippen LogP contribution in [0, 0.1) is 0 Å². The Bertz CT molecular complexity index is 583. The molecule has 5 nitrogen and oxygen atoms in total. The van der Waals surface area contributed by atoms with E-state index in [0.29, 0.717) is 6.54 Å². The van der Waals surface area contributed by atoms with Crippen molar-refractivity contribution in [3.05, 3.63) is 35.5 Å². The molecule has 2 aliphatic heterocycles. The maximum atomic E-state index is 11.3. The molecule has 0 aromatic heterocycles. The Kier molecular flexibility index (Phi) is 1.73. The zero-order valence-corrected chi connectivity index (χ0v) is 8.34. The van der Waals surface area contributed by atoms with Crippen LogP contribution < -0.4 is 5.73 Å². The summed E-state index contributed by atoms with van der Waals surface area (Å²) in [6, 6.07) is 7.60. The van der Waals surface area contributed by atoms with E-state index in [1.165, 1.54) is 0 Å². The molecule has 2 aliphatic rings. The van der Waals surface area contributed by atoms with Gasteiger partial charge in [0.15, 0.2) is 5.70 Å². The molecule has 0 radical (unpaired) electrons. The zero-order chi connectivity index (χ0) is 11.1. The molecule has 0 saturated carbocycles. The molecule has 0 atom stereocenters. The molecule has 1 aromatic carbocycles. The summed E-state index contributed by atoms with van der Waals surface area (Å²) < 4.78 is 0. The van der Waals surface area contributed by atoms with Gasteiger partial charge in [0.2, 0.25) is 0 Å². The first-order valence-electron chi connectivity index (χ1n) is 4.86. The number of amides is 1. The molecule has 0 bridgehead atoms. The van der Waals surface area contributed by atoms with E-state index in [9.17, 15) is 4.79 Å². The van der Waals surface area contributed by atoms with Crippen molar-refractivity contribution in [2.24, 2.45) is 21.0 Å². The average Bonchev–Trinajstić information content (AvgIpc) is 2.66. The van der Waals surface area contributed by atoms with Gasteiger partial charge in [0.1, 0.15) is 6.54 Å². The molecule has 78 valence electrons. The maximum Gasteiger partial charge on any atom is 0.269 e. The normalized spacial score (nSPS) is 16.9. The second-order valence-electron chi connectivity index (χ2n) is 3.56. The number of fused-ring (bicyclic) bond motifs is 3. The molecule has 0 unspecified atom stereocenters. The summed E-state index contributed by atoms with van der Waals surface area (Å²) in [7, 11) is 0. The number of para-hydroxylation sites is 1. The third-order valence-electron chi connectivity index (χ3n) is 2.58. The van der Waals surface area contributed by atoms with Gasteiger partial charge in [-0.15, -0.1) is 5.11 Å². The fourth-order valence-electron chi connectivity index (χ4n) is 1.91. The molecule has 0 spiro atoms. The van der Waals surface area contributed by atoms with Crippen molar-refractivity contribution in [3.63, 3.8) is 0 Å². The molecule has 2 N–H and O–H groups in total. The molecule has 1 amide bonds. The third-order valence-corrected chi connectivity index (χ3v) is 2.58. The Morgan fingerprint density at radius 3 is 2.94 bits per heavy atom. The van der Waals surface area contributed by atoms with Gasteiger partial charge in [-0.25, -0.2) is 0 Å². The lowest BCUT2D eigenvalue weighted by molar-refractivity contribution is -0.114. The van der Waals surface area contributed by atoms with E-state index >= 15 is 0 Å². The first-order chi connectivity index (χ1) is 7.77. The van der Waals surface area contributed by atoms with Crippen LogP contribution in [0.5, 0.6) is 0 Å². The van der Waals surface area contributed by atoms with Crippen molar-refractivity contribution in [1.82, 2.24) is 0 Å². The number of aliphatic imine (C=N–C) groups is 1. The summed E-state index contributed by atoms with van der Waals surface area (Å²) in [5, 5.41) is 7.66. The highest BCUT2D eigenvalue weighted by molar-refractivity contribution is 6.34. The smallest absolute Gasteiger partial charge is 0.269 e. The Morgan fingerprint density at radius 1 is 1.31 bits per heavy atom. The Balaban J connectivity index is 2.30. The van der Waals surface area contributed by atoms with Crippen LogP contribution in [0.1, 0.15) is 5.56 Å². The largest absolute Gasteiger partial charge is 0.364 e. The van der Waals surface area contributed by atoms with Crippen molar-refractivity contribution in [2.75, 3.05) is 6.54 Å². The first kappa shape index (κ1) is 8.96. The van der Waals surface area contributed by atoms with E-state index < -0.39 is 5.91 Å². The van der Waals surface area contributed by atoms with Crippen LogP contribution in [0.3, 0.4) is 0 Å². The first-order valence-corrected chi connectivity index (χ1v) is 4.86. The monoisotopic (exact) mass is 212 g/mol. The minimum Gasteiger partial charge on any atom is -0.364 e. The molecular formula is C11H8N4O. The summed E-state index contributed by atoms with van der Waals surface area (Å²) in [5.41, 5.74) is 8.73. The highest BCUT2D eigenvalue weighted by Crippen LogP contribution is 2.38. The Morgan fingerprint density at radius 2 is 2.12 bits per heavy atom. The van der Waals surface area contributed by atoms with Gasteiger partial charge in [-0.05, 0) is 6.07 Å². The summed E-state index contributed by atoms with van der Waals surface area (Å²) >= 11 is 0. The van der Waals surface area contributed by atoms with Crippen molar-refractivity contribution < 1.29 is 4.79 Å². The number of nitrogens with zero attached hydrogens (tertiary/aromatic N) is 3. The molecule has 2 heterocycles. The molecule has 5 heteroatoms. The van der Waals surface area contributed by atoms with Gasteiger partial charge in [-0.2, -0.15) is 5.11 Å². The minimum atomic E-state index is -0.567. The van der Waals surface area contributed by atoms with E-state index in [2.05, 4.69) is 15.2 Å². The fourth-order valence-corrected chi connectivity index (χ4v) is 1.91. The maximum absolute atomic E-state index is 11.3. The molecule has 1 aromatic rings. The van der Waals surface area contributed by atoms with Crippen LogP contribution >= 0.6 is 0 Å². The molecule has 0 fully saturated rings. The van der Waals surface area contributed by atoms with Crippen LogP contribution in [-0.2, 0) is 4.79 Å². The predicted molar refractivity (Wildman–Crippen MR) is 59.4 cm³/mol. The number of nitrogens with two attached hydrogens (primary N) is 1. The summed E-state index contributed by atoms with van der Waals surface area (Å²) in [5.74, 6) is -0.567. The number of primary amides is 1. The minimum absolute atomic E-state index is 0.204. The van der Waals surface area contributed by atoms with Gasteiger partial charge >= 0.3 is 0 Å². The summed E-state index contributed by atoms with van der Waals surface area (Å²) in [4.78, 5) is 15.7. The third kappa shape index (κ3) is 1.11. The predicted octanol–water partition coefficient (Wildman–Crippen LogP) is 1.43. The Labute approximate surface area is 91.4 Å². The SMILES string of the molecule is NC(=O)C1=C2C(=Nc3ccccc32)CN=N1. The van der Waals surface area contributed by atoms with E-state index in [1.807, 2.05) is 24.3 Å². The second kappa shape index (κ2) is 3.10. The zero-order valence-electron chi connectivity index (χ0n) is 8.34. The number of hydrogen-bond acceptors (Lipinski definition) is 4. The van der Waals surface area contributed by atoms with E-state index in [1.54, 1.807) is 0 Å². The molecule has 16 heavy (non-hydrogen) atoms. The highest BCUT2D eigenvalue weighted by atomic mass is 16.1. The van der Waals surface area contributed by atoms with Crippen LogP contribution in [0.15, 0.2) is 45.2 Å². The van der Waals surface area contributed by atoms with Crippen LogP contribution in [0.25, 0.3) is 5.57 Å². The number of benzene rings is 1. The molecule has 3 rings (SSSR count). The lowest BCUT2D eigenvalue weighted by atomic mass is 10.00. The van der Waals surface area contributed by atoms with Gasteiger partial charge in [0, 0.05) is 11.1 Å². The number of azo groups is 1. The number of carbonyl (C=O) groups is 1. The van der Waals surface area contributed by atoms with Crippen molar-refractivity contribution >= 4 is 22.9 Å². The standard InChI is InChI=1S/C11H8N4O/c12-11(16)10-9-6-3-1-2-4-7(6)14-8(9)5-13-15-10/h1-4H,5H2,(H2,12,16). The van der Waals surface area contributed by atoms with Gasteiger partial charge in [0.05, 0.1) is 11.4 Å². The van der Waals surface area contributed by atoms with Crippen LogP contribution in [0.2, 0.25) is 0 Å². The molecule has 0 aliphatic carbocycles. The van der Waals surface area contributed by atoms with Gasteiger partial charge in [0.25, 0.3) is 5.91 Å². The van der Waals surface area contributed by atoms with E-state index in [4.69, 9.17) is 5.73 Å². The average molecular weight is 212 g/mol. The van der Waals surface area contributed by atoms with Crippen molar-refractivity contribution in [2.45, 2.75) is 0 Å². The fraction of sp³-hybridized carbons (Fsp3) is 0.0909. The van der Waals surface area contributed by atoms with Gasteiger partial charge in [-0.1, -0.05) is 18.2 Å². The highest BCUT2D eigenvalue weighted by Gasteiger charge is 2.28. The van der Waals surface area contributed by atoms with Gasteiger partial charge in [-0.3, -0.25) is 9.79 Å². The molecular weight excluding hydrogens is 204 g/mol. The number of rotatable bonds is 1. The number of hydrogen-bond donors (Lipinski definition) is 1. The van der Waals surface area contributed by atoms with E-state index in [-0.39, 0.29) is 5.70 Å². The quantitative estimate of drug-likeness (QED) is 0.750. The van der Waals surface area contributed by atoms with Crippen molar-refractivity contribution in [1.29, 1.82) is 0 Å². The second-order valence-corrected chi connectivity index (χ2v) is 3.56. The topological polar surface area (TPSA) is 80.2 Å². The summed E-state index contributed by atoms with van der Waals surface area (Å²) in [6.07, 6.45) is 0. The Hall–Kier alpha value is -2.30. The lowest BCUT2D eigenvalue weighted by Gasteiger charge is -2.09. The van der Waals surface area contributed by atoms with E-state index in [0.717, 1.165) is 22.5 Å². The molecule has 0 saturated heterocycles. The van der Waals surface area contributed by atoms with Crippen LogP contribution in [-0.4, -0.2) is 18.2 Å². The number of carbonyl (C=O) groups excluding carboxylic acids is 1. The van der Waals surface area contributed by atoms with Crippen LogP contribution in [0.4, 0.5) is 5.69 Å². The van der Waals surface area contributed by atoms with Crippen molar-refractivity contribution in [3.8, 4) is 0 Å². The van der Waals surface area contributed by atoms with Gasteiger partial charge < -0.3 is 5.73 Å². The lowest BCUT2D eigenvalue weighted by Crippen LogP contribution is -2.19. The summed E-state index contributed by atoms with van der Waals surface area (Å²) in [6.45, 7) is 0.404.